The predicted molar refractivity (Wildman–Crippen MR) is 135 cm³/mol. The van der Waals surface area contributed by atoms with E-state index in [2.05, 4.69) is 10.1 Å². The molecule has 1 aliphatic carbocycles. The summed E-state index contributed by atoms with van der Waals surface area (Å²) in [5, 5.41) is 4.45. The lowest BCUT2D eigenvalue weighted by atomic mass is 10.1. The minimum atomic E-state index is -4.06. The number of morpholine rings is 1. The first-order valence-electron chi connectivity index (χ1n) is 11.3. The number of carbonyl (C=O) groups is 1. The van der Waals surface area contributed by atoms with E-state index in [1.54, 1.807) is 24.3 Å². The van der Waals surface area contributed by atoms with Crippen molar-refractivity contribution >= 4 is 51.5 Å². The maximum Gasteiger partial charge on any atom is 0.324 e. The second-order valence-electron chi connectivity index (χ2n) is 9.04. The molecule has 3 aliphatic rings. The number of aromatic nitrogens is 2. The van der Waals surface area contributed by atoms with Crippen molar-refractivity contribution in [3.63, 3.8) is 0 Å². The summed E-state index contributed by atoms with van der Waals surface area (Å²) in [6.07, 6.45) is 0.977. The number of halogens is 3. The number of hydrogen-bond donors (Lipinski definition) is 1. The van der Waals surface area contributed by atoms with Crippen molar-refractivity contribution in [2.75, 3.05) is 28.7 Å². The Kier molecular flexibility index (Phi) is 6.65. The quantitative estimate of drug-likeness (QED) is 0.503. The van der Waals surface area contributed by atoms with Gasteiger partial charge in [-0.1, -0.05) is 28.9 Å². The number of carbonyl (C=O) groups excluding carboxylic acids is 1. The van der Waals surface area contributed by atoms with Crippen molar-refractivity contribution in [2.24, 2.45) is 5.73 Å². The van der Waals surface area contributed by atoms with Crippen LogP contribution in [-0.4, -0.2) is 61.6 Å². The zero-order chi connectivity index (χ0) is 25.2. The summed E-state index contributed by atoms with van der Waals surface area (Å²) in [4.78, 5) is 20.4. The Hall–Kier alpha value is -2.77. The van der Waals surface area contributed by atoms with E-state index >= 15 is 4.39 Å². The van der Waals surface area contributed by atoms with Gasteiger partial charge in [0.15, 0.2) is 9.84 Å². The summed E-state index contributed by atoms with van der Waals surface area (Å²) >= 11 is 5.97. The van der Waals surface area contributed by atoms with Crippen LogP contribution in [0.4, 0.5) is 16.1 Å². The average Bonchev–Trinajstić information content (AvgIpc) is 3.51. The molecule has 10 nitrogen and oxygen atoms in total. The molecule has 3 atom stereocenters. The number of hydrogen-bond acceptors (Lipinski definition) is 9. The minimum Gasteiger partial charge on any atom is -0.374 e. The highest BCUT2D eigenvalue weighted by Gasteiger charge is 2.47. The van der Waals surface area contributed by atoms with Gasteiger partial charge in [-0.3, -0.25) is 4.79 Å². The molecule has 1 aromatic heterocycles. The Morgan fingerprint density at radius 1 is 1.22 bits per heavy atom. The molecule has 2 aliphatic heterocycles. The lowest BCUT2D eigenvalue weighted by molar-refractivity contribution is -0.119. The van der Waals surface area contributed by atoms with Crippen LogP contribution in [0.3, 0.4) is 0 Å². The third-order valence-electron chi connectivity index (χ3n) is 6.58. The van der Waals surface area contributed by atoms with Crippen molar-refractivity contribution in [3.05, 3.63) is 52.8 Å². The maximum atomic E-state index is 15.3. The van der Waals surface area contributed by atoms with E-state index in [9.17, 15) is 13.2 Å². The molecule has 0 radical (unpaired) electrons. The number of benzene rings is 2. The van der Waals surface area contributed by atoms with Gasteiger partial charge in [0.05, 0.1) is 53.2 Å². The summed E-state index contributed by atoms with van der Waals surface area (Å²) in [5.74, 6) is -2.16. The Labute approximate surface area is 222 Å². The molecule has 6 rings (SSSR count). The van der Waals surface area contributed by atoms with E-state index in [4.69, 9.17) is 26.6 Å². The fourth-order valence-corrected chi connectivity index (χ4v) is 6.33. The Balaban J connectivity index is 0.00000280. The fourth-order valence-electron chi connectivity index (χ4n) is 4.64. The first-order valence-corrected chi connectivity index (χ1v) is 13.3. The molecule has 196 valence electrons. The SMILES string of the molecule is Cl.N[C@H]1CS(=O)(=O)c2cc(F)c(-c3noc(N4CCOC5CC54)n3)cc2N(Cc2ccc(Cl)cc2)C1=O. The van der Waals surface area contributed by atoms with Crippen molar-refractivity contribution in [1.82, 2.24) is 10.1 Å². The average molecular weight is 570 g/mol. The first-order chi connectivity index (χ1) is 17.2. The van der Waals surface area contributed by atoms with Crippen LogP contribution in [-0.2, 0) is 25.9 Å². The van der Waals surface area contributed by atoms with E-state index in [0.717, 1.165) is 12.5 Å². The number of rotatable bonds is 4. The van der Waals surface area contributed by atoms with E-state index in [1.165, 1.54) is 11.0 Å². The number of nitrogens with two attached hydrogens (primary N) is 1. The molecular formula is C23H22Cl2FN5O5S. The molecule has 2 unspecified atom stereocenters. The van der Waals surface area contributed by atoms with Crippen LogP contribution in [0.1, 0.15) is 12.0 Å². The Bertz CT molecular complexity index is 1470. The standard InChI is InChI=1S/C23H21ClFN5O5S.ClH/c24-13-3-1-12(2-4-13)10-30-18-7-14(15(25)8-20(18)36(32,33)11-16(26)22(30)31)21-27-23(35-28-21)29-5-6-34-19-9-17(19)29;/h1-4,7-8,16-17,19H,5-6,9-11,26H2;1H/t16-,17?,19?;/m0./s1. The van der Waals surface area contributed by atoms with Gasteiger partial charge in [-0.2, -0.15) is 4.98 Å². The summed E-state index contributed by atoms with van der Waals surface area (Å²) < 4.78 is 52.4. The molecule has 0 spiro atoms. The smallest absolute Gasteiger partial charge is 0.324 e. The summed E-state index contributed by atoms with van der Waals surface area (Å²) in [5.41, 5.74) is 6.54. The number of sulfone groups is 1. The molecule has 14 heteroatoms. The lowest BCUT2D eigenvalue weighted by Gasteiger charge is -2.25. The number of anilines is 2. The molecule has 3 aromatic rings. The summed E-state index contributed by atoms with van der Waals surface area (Å²) in [6, 6.07) is 7.96. The second-order valence-corrected chi connectivity index (χ2v) is 11.5. The van der Waals surface area contributed by atoms with Crippen LogP contribution in [0, 0.1) is 5.82 Å². The molecule has 1 saturated carbocycles. The highest BCUT2D eigenvalue weighted by atomic mass is 35.5. The Morgan fingerprint density at radius 3 is 2.73 bits per heavy atom. The van der Waals surface area contributed by atoms with Gasteiger partial charge in [-0.05, 0) is 36.2 Å². The summed E-state index contributed by atoms with van der Waals surface area (Å²) in [7, 11) is -4.06. The van der Waals surface area contributed by atoms with Crippen LogP contribution < -0.4 is 15.5 Å². The third-order valence-corrected chi connectivity index (χ3v) is 8.62. The second kappa shape index (κ2) is 9.52. The van der Waals surface area contributed by atoms with Gasteiger partial charge in [-0.25, -0.2) is 12.8 Å². The minimum absolute atomic E-state index is 0. The lowest BCUT2D eigenvalue weighted by Crippen LogP contribution is -2.45. The number of amides is 1. The largest absolute Gasteiger partial charge is 0.374 e. The summed E-state index contributed by atoms with van der Waals surface area (Å²) in [6.45, 7) is 1.09. The number of fused-ring (bicyclic) bond motifs is 2. The van der Waals surface area contributed by atoms with Crippen molar-refractivity contribution in [2.45, 2.75) is 36.0 Å². The fraction of sp³-hybridized carbons (Fsp3) is 0.348. The van der Waals surface area contributed by atoms with Crippen molar-refractivity contribution in [3.8, 4) is 11.4 Å². The van der Waals surface area contributed by atoms with Crippen LogP contribution in [0.15, 0.2) is 45.8 Å². The Morgan fingerprint density at radius 2 is 1.97 bits per heavy atom. The third kappa shape index (κ3) is 4.68. The van der Waals surface area contributed by atoms with E-state index in [1.807, 2.05) is 4.90 Å². The molecule has 1 saturated heterocycles. The van der Waals surface area contributed by atoms with Crippen LogP contribution >= 0.6 is 24.0 Å². The predicted octanol–water partition coefficient (Wildman–Crippen LogP) is 2.58. The van der Waals surface area contributed by atoms with Gasteiger partial charge in [0.25, 0.3) is 0 Å². The highest BCUT2D eigenvalue weighted by Crippen LogP contribution is 2.39. The number of ether oxygens (including phenoxy) is 1. The molecule has 1 amide bonds. The molecule has 3 heterocycles. The zero-order valence-corrected chi connectivity index (χ0v) is 21.6. The van der Waals surface area contributed by atoms with Crippen LogP contribution in [0.2, 0.25) is 5.02 Å². The van der Waals surface area contributed by atoms with E-state index in [-0.39, 0.29) is 59.1 Å². The molecule has 2 aromatic carbocycles. The van der Waals surface area contributed by atoms with E-state index in [0.29, 0.717) is 23.7 Å². The van der Waals surface area contributed by atoms with Crippen LogP contribution in [0.5, 0.6) is 0 Å². The van der Waals surface area contributed by atoms with Gasteiger partial charge in [0, 0.05) is 11.6 Å². The van der Waals surface area contributed by atoms with Gasteiger partial charge in [0.2, 0.25) is 11.7 Å². The normalized spacial score (nSPS) is 24.1. The van der Waals surface area contributed by atoms with Crippen LogP contribution in [0.25, 0.3) is 11.4 Å². The zero-order valence-electron chi connectivity index (χ0n) is 19.2. The molecule has 2 N–H and O–H groups in total. The molecular weight excluding hydrogens is 548 g/mol. The van der Waals surface area contributed by atoms with E-state index < -0.39 is 33.4 Å². The van der Waals surface area contributed by atoms with Gasteiger partial charge >= 0.3 is 6.01 Å². The maximum absolute atomic E-state index is 15.3. The molecule has 2 fully saturated rings. The van der Waals surface area contributed by atoms with Crippen molar-refractivity contribution in [1.29, 1.82) is 0 Å². The topological polar surface area (TPSA) is 132 Å². The van der Waals surface area contributed by atoms with Gasteiger partial charge in [-0.15, -0.1) is 12.4 Å². The monoisotopic (exact) mass is 569 g/mol. The highest BCUT2D eigenvalue weighted by molar-refractivity contribution is 7.91. The van der Waals surface area contributed by atoms with Crippen molar-refractivity contribution < 1.29 is 26.9 Å². The first kappa shape index (κ1) is 25.9. The van der Waals surface area contributed by atoms with Gasteiger partial charge < -0.3 is 24.8 Å². The molecule has 37 heavy (non-hydrogen) atoms. The molecule has 0 bridgehead atoms. The van der Waals surface area contributed by atoms with Gasteiger partial charge in [0.1, 0.15) is 5.82 Å². The number of nitrogens with zero attached hydrogens (tertiary/aromatic N) is 4.